The van der Waals surface area contributed by atoms with Gasteiger partial charge in [0.1, 0.15) is 0 Å². The van der Waals surface area contributed by atoms with Gasteiger partial charge in [-0.2, -0.15) is 0 Å². The van der Waals surface area contributed by atoms with Crippen LogP contribution >= 0.6 is 0 Å². The average Bonchev–Trinajstić information content (AvgIpc) is 4.01. The van der Waals surface area contributed by atoms with Gasteiger partial charge in [-0.25, -0.2) is 0 Å². The monoisotopic (exact) mass is 953 g/mol. The molecule has 12 aromatic carbocycles. The van der Waals surface area contributed by atoms with Gasteiger partial charge in [0, 0.05) is 16.9 Å². The molecule has 0 aliphatic heterocycles. The maximum absolute atomic E-state index is 2.54. The fourth-order valence-corrected chi connectivity index (χ4v) is 12.9. The van der Waals surface area contributed by atoms with Crippen molar-refractivity contribution in [2.24, 2.45) is 0 Å². The van der Waals surface area contributed by atoms with Gasteiger partial charge in [-0.15, -0.1) is 0 Å². The molecule has 0 saturated carbocycles. The minimum absolute atomic E-state index is 0.516. The zero-order valence-electron chi connectivity index (χ0n) is 41.4. The van der Waals surface area contributed by atoms with E-state index in [0.29, 0.717) is 0 Å². The fraction of sp³-hybridized carbons (Fsp3) is 0.0270. The zero-order chi connectivity index (χ0) is 49.8. The number of hydrogen-bond donors (Lipinski definition) is 0. The van der Waals surface area contributed by atoms with Gasteiger partial charge in [-0.3, -0.25) is 0 Å². The van der Waals surface area contributed by atoms with Crippen molar-refractivity contribution < 1.29 is 0 Å². The SMILES string of the molecule is c1ccc(-c2cc(-c3ccccc3)cc(-c3ccc(N(c4ccc5c(c4)-c4ccccc4C5(c4ccccc4)c4ccccc4)c4cccc5c4C(c4ccccc4)(c4ccccc4)c4ccccc4-5)cc3)c2)cc1. The zero-order valence-corrected chi connectivity index (χ0v) is 41.4. The van der Waals surface area contributed by atoms with Crippen LogP contribution in [0.25, 0.3) is 55.6 Å². The molecule has 0 fully saturated rings. The van der Waals surface area contributed by atoms with Gasteiger partial charge < -0.3 is 4.90 Å². The molecule has 0 N–H and O–H groups in total. The predicted octanol–water partition coefficient (Wildman–Crippen LogP) is 18.9. The maximum atomic E-state index is 2.54. The molecule has 0 unspecified atom stereocenters. The summed E-state index contributed by atoms with van der Waals surface area (Å²) in [6.07, 6.45) is 0. The van der Waals surface area contributed by atoms with Crippen LogP contribution in [0.5, 0.6) is 0 Å². The van der Waals surface area contributed by atoms with E-state index >= 15 is 0 Å². The highest BCUT2D eigenvalue weighted by atomic mass is 15.1. The van der Waals surface area contributed by atoms with Gasteiger partial charge in [0.2, 0.25) is 0 Å². The van der Waals surface area contributed by atoms with Gasteiger partial charge in [0.25, 0.3) is 0 Å². The molecule has 1 nitrogen and oxygen atoms in total. The molecule has 0 spiro atoms. The van der Waals surface area contributed by atoms with E-state index in [-0.39, 0.29) is 0 Å². The van der Waals surface area contributed by atoms with Crippen molar-refractivity contribution in [1.82, 2.24) is 0 Å². The van der Waals surface area contributed by atoms with Gasteiger partial charge >= 0.3 is 0 Å². The highest BCUT2D eigenvalue weighted by molar-refractivity contribution is 5.96. The number of anilines is 3. The van der Waals surface area contributed by atoms with E-state index < -0.39 is 10.8 Å². The second-order valence-electron chi connectivity index (χ2n) is 19.9. The first kappa shape index (κ1) is 44.2. The molecule has 14 rings (SSSR count). The number of fused-ring (bicyclic) bond motifs is 6. The number of nitrogens with zero attached hydrogens (tertiary/aromatic N) is 1. The van der Waals surface area contributed by atoms with Crippen molar-refractivity contribution in [3.05, 3.63) is 354 Å². The van der Waals surface area contributed by atoms with Crippen LogP contribution in [0.2, 0.25) is 0 Å². The topological polar surface area (TPSA) is 3.24 Å². The Morgan fingerprint density at radius 3 is 1.07 bits per heavy atom. The average molecular weight is 954 g/mol. The number of rotatable bonds is 10. The van der Waals surface area contributed by atoms with E-state index in [9.17, 15) is 0 Å². The standard InChI is InChI=1S/C74H51N/c1-7-24-52(25-8-1)55-48-56(53-26-9-2-10-27-53)50-57(49-55)54-42-44-62(45-43-54)75(63-46-47-70-67(51-63)65-37-20-21-39-68(65)73(70,58-28-11-3-12-29-58)59-30-13-4-14-31-59)71-41-23-38-66-64-36-19-22-40-69(64)74(72(66)71,60-32-15-5-16-33-60)61-34-17-6-18-35-61/h1-51H. The molecule has 2 aliphatic carbocycles. The number of hydrogen-bond acceptors (Lipinski definition) is 1. The first-order valence-corrected chi connectivity index (χ1v) is 26.1. The summed E-state index contributed by atoms with van der Waals surface area (Å²) in [5, 5.41) is 0. The number of benzene rings is 12. The molecule has 12 aromatic rings. The minimum atomic E-state index is -0.631. The van der Waals surface area contributed by atoms with Crippen molar-refractivity contribution >= 4 is 17.1 Å². The summed E-state index contributed by atoms with van der Waals surface area (Å²) in [7, 11) is 0. The lowest BCUT2D eigenvalue weighted by atomic mass is 9.67. The van der Waals surface area contributed by atoms with Crippen molar-refractivity contribution in [2.75, 3.05) is 4.90 Å². The first-order valence-electron chi connectivity index (χ1n) is 26.1. The van der Waals surface area contributed by atoms with Gasteiger partial charge in [-0.05, 0) is 143 Å². The highest BCUT2D eigenvalue weighted by Crippen LogP contribution is 2.61. The molecule has 0 radical (unpaired) electrons. The van der Waals surface area contributed by atoms with Crippen LogP contribution < -0.4 is 4.90 Å². The highest BCUT2D eigenvalue weighted by Gasteiger charge is 2.49. The summed E-state index contributed by atoms with van der Waals surface area (Å²) >= 11 is 0. The van der Waals surface area contributed by atoms with E-state index in [1.165, 1.54) is 94.6 Å². The summed E-state index contributed by atoms with van der Waals surface area (Å²) in [6, 6.07) is 115. The van der Waals surface area contributed by atoms with Crippen LogP contribution in [0.1, 0.15) is 44.5 Å². The van der Waals surface area contributed by atoms with E-state index in [2.05, 4.69) is 314 Å². The third kappa shape index (κ3) is 7.00. The Morgan fingerprint density at radius 2 is 0.573 bits per heavy atom. The molecule has 1 heteroatoms. The van der Waals surface area contributed by atoms with Crippen LogP contribution in [0, 0.1) is 0 Å². The van der Waals surface area contributed by atoms with Crippen molar-refractivity contribution in [2.45, 2.75) is 10.8 Å². The van der Waals surface area contributed by atoms with E-state index in [0.717, 1.165) is 22.6 Å². The molecular weight excluding hydrogens is 903 g/mol. The molecule has 0 heterocycles. The lowest BCUT2D eigenvalue weighted by molar-refractivity contribution is 0.767. The van der Waals surface area contributed by atoms with Crippen LogP contribution in [0.4, 0.5) is 17.1 Å². The Balaban J connectivity index is 1.03. The molecule has 0 saturated heterocycles. The van der Waals surface area contributed by atoms with Crippen LogP contribution in [-0.4, -0.2) is 0 Å². The third-order valence-electron chi connectivity index (χ3n) is 16.0. The van der Waals surface area contributed by atoms with E-state index in [1.807, 2.05) is 0 Å². The molecule has 0 atom stereocenters. The Morgan fingerprint density at radius 1 is 0.213 bits per heavy atom. The molecule has 0 aromatic heterocycles. The first-order chi connectivity index (χ1) is 37.2. The van der Waals surface area contributed by atoms with Crippen LogP contribution in [0.15, 0.2) is 309 Å². The largest absolute Gasteiger partial charge is 0.310 e. The summed E-state index contributed by atoms with van der Waals surface area (Å²) in [4.78, 5) is 2.54. The van der Waals surface area contributed by atoms with Crippen LogP contribution in [-0.2, 0) is 10.8 Å². The quantitative estimate of drug-likeness (QED) is 0.132. The lowest BCUT2D eigenvalue weighted by Gasteiger charge is -2.38. The Kier molecular flexibility index (Phi) is 10.7. The lowest BCUT2D eigenvalue weighted by Crippen LogP contribution is -2.30. The van der Waals surface area contributed by atoms with Crippen LogP contribution in [0.3, 0.4) is 0 Å². The second kappa shape index (κ2) is 18.2. The Labute approximate surface area is 440 Å². The summed E-state index contributed by atoms with van der Waals surface area (Å²) < 4.78 is 0. The molecular formula is C74H51N. The van der Waals surface area contributed by atoms with Crippen molar-refractivity contribution in [3.63, 3.8) is 0 Å². The third-order valence-corrected chi connectivity index (χ3v) is 16.0. The molecule has 0 amide bonds. The smallest absolute Gasteiger partial charge is 0.0734 e. The van der Waals surface area contributed by atoms with E-state index in [4.69, 9.17) is 0 Å². The maximum Gasteiger partial charge on any atom is 0.0734 e. The van der Waals surface area contributed by atoms with Gasteiger partial charge in [0.15, 0.2) is 0 Å². The molecule has 2 aliphatic rings. The molecule has 352 valence electrons. The Bertz CT molecular complexity index is 3880. The summed E-state index contributed by atoms with van der Waals surface area (Å²) in [6.45, 7) is 0. The summed E-state index contributed by atoms with van der Waals surface area (Å²) in [5.41, 5.74) is 24.3. The summed E-state index contributed by atoms with van der Waals surface area (Å²) in [5.74, 6) is 0. The van der Waals surface area contributed by atoms with Gasteiger partial charge in [0.05, 0.1) is 16.5 Å². The second-order valence-corrected chi connectivity index (χ2v) is 19.9. The van der Waals surface area contributed by atoms with E-state index in [1.54, 1.807) is 0 Å². The normalized spacial score (nSPS) is 13.3. The fourth-order valence-electron chi connectivity index (χ4n) is 12.9. The molecule has 75 heavy (non-hydrogen) atoms. The predicted molar refractivity (Wildman–Crippen MR) is 312 cm³/mol. The van der Waals surface area contributed by atoms with Crippen molar-refractivity contribution in [3.8, 4) is 55.6 Å². The Hall–Kier alpha value is -9.56. The van der Waals surface area contributed by atoms with Gasteiger partial charge in [-0.1, -0.05) is 261 Å². The molecule has 0 bridgehead atoms. The minimum Gasteiger partial charge on any atom is -0.310 e. The van der Waals surface area contributed by atoms with Crippen molar-refractivity contribution in [1.29, 1.82) is 0 Å².